The highest BCUT2D eigenvalue weighted by molar-refractivity contribution is 5.94. The molecule has 2 aromatic carbocycles. The van der Waals surface area contributed by atoms with Crippen LogP contribution in [0.4, 0.5) is 0 Å². The van der Waals surface area contributed by atoms with Crippen LogP contribution in [0.5, 0.6) is 5.75 Å². The fourth-order valence-electron chi connectivity index (χ4n) is 3.47. The summed E-state index contributed by atoms with van der Waals surface area (Å²) in [6.45, 7) is 1.79. The third-order valence-electron chi connectivity index (χ3n) is 4.97. The van der Waals surface area contributed by atoms with Crippen molar-refractivity contribution in [3.05, 3.63) is 65.2 Å². The van der Waals surface area contributed by atoms with E-state index in [0.29, 0.717) is 30.9 Å². The lowest BCUT2D eigenvalue weighted by Crippen LogP contribution is -2.44. The summed E-state index contributed by atoms with van der Waals surface area (Å²) in [5.74, 6) is 0.651. The first-order valence-electron chi connectivity index (χ1n) is 8.68. The predicted octanol–water partition coefficient (Wildman–Crippen LogP) is 3.05. The van der Waals surface area contributed by atoms with Crippen molar-refractivity contribution in [2.75, 3.05) is 26.9 Å². The normalized spacial score (nSPS) is 15.7. The summed E-state index contributed by atoms with van der Waals surface area (Å²) < 4.78 is 11.1. The molecule has 1 aliphatic rings. The summed E-state index contributed by atoms with van der Waals surface area (Å²) in [5.41, 5.74) is 1.83. The Hall–Kier alpha value is -2.84. The van der Waals surface area contributed by atoms with Gasteiger partial charge in [-0.25, -0.2) is 0 Å². The maximum absolute atomic E-state index is 12.6. The van der Waals surface area contributed by atoms with E-state index < -0.39 is 0 Å². The molecule has 5 heteroatoms. The number of methoxy groups -OCH3 is 1. The van der Waals surface area contributed by atoms with Crippen LogP contribution in [0.2, 0.25) is 0 Å². The van der Waals surface area contributed by atoms with Crippen LogP contribution in [0, 0.1) is 11.3 Å². The van der Waals surface area contributed by atoms with E-state index in [1.165, 1.54) is 0 Å². The number of hydrogen-bond donors (Lipinski definition) is 1. The Kier molecular flexibility index (Phi) is 5.55. The Bertz CT molecular complexity index is 820. The fraction of sp³-hybridized carbons (Fsp3) is 0.333. The number of para-hydroxylation sites is 1. The van der Waals surface area contributed by atoms with Gasteiger partial charge in [0.1, 0.15) is 5.75 Å². The van der Waals surface area contributed by atoms with Crippen LogP contribution >= 0.6 is 0 Å². The van der Waals surface area contributed by atoms with Gasteiger partial charge in [0.05, 0.1) is 18.7 Å². The fourth-order valence-corrected chi connectivity index (χ4v) is 3.47. The lowest BCUT2D eigenvalue weighted by molar-refractivity contribution is 0.0479. The van der Waals surface area contributed by atoms with Crippen LogP contribution in [-0.4, -0.2) is 32.8 Å². The number of carbonyl (C=O) groups is 1. The first-order valence-corrected chi connectivity index (χ1v) is 8.68. The molecule has 134 valence electrons. The lowest BCUT2D eigenvalue weighted by Gasteiger charge is -2.38. The zero-order valence-electron chi connectivity index (χ0n) is 14.8. The van der Waals surface area contributed by atoms with Crippen molar-refractivity contribution in [2.45, 2.75) is 18.3 Å². The zero-order chi connectivity index (χ0) is 18.4. The number of hydrogen-bond acceptors (Lipinski definition) is 4. The summed E-state index contributed by atoms with van der Waals surface area (Å²) >= 11 is 0. The van der Waals surface area contributed by atoms with Crippen molar-refractivity contribution in [1.82, 2.24) is 5.32 Å². The molecule has 1 amide bonds. The molecule has 26 heavy (non-hydrogen) atoms. The highest BCUT2D eigenvalue weighted by Gasteiger charge is 2.37. The Balaban J connectivity index is 1.83. The lowest BCUT2D eigenvalue weighted by atomic mass is 9.73. The quantitative estimate of drug-likeness (QED) is 0.900. The van der Waals surface area contributed by atoms with Gasteiger partial charge in [-0.15, -0.1) is 0 Å². The van der Waals surface area contributed by atoms with Gasteiger partial charge in [0.15, 0.2) is 0 Å². The molecular weight excluding hydrogens is 328 g/mol. The molecule has 0 aromatic heterocycles. The number of nitrogens with one attached hydrogen (secondary N) is 1. The monoisotopic (exact) mass is 350 g/mol. The van der Waals surface area contributed by atoms with Gasteiger partial charge < -0.3 is 14.8 Å². The van der Waals surface area contributed by atoms with E-state index >= 15 is 0 Å². The number of benzene rings is 2. The van der Waals surface area contributed by atoms with Crippen LogP contribution in [0.1, 0.15) is 34.3 Å². The molecule has 0 aliphatic carbocycles. The molecule has 0 spiro atoms. The first kappa shape index (κ1) is 18.0. The van der Waals surface area contributed by atoms with Gasteiger partial charge in [0.2, 0.25) is 0 Å². The molecule has 3 rings (SSSR count). The molecule has 5 nitrogen and oxygen atoms in total. The number of rotatable bonds is 5. The van der Waals surface area contributed by atoms with Crippen molar-refractivity contribution in [3.63, 3.8) is 0 Å². The van der Waals surface area contributed by atoms with Crippen LogP contribution in [0.25, 0.3) is 0 Å². The summed E-state index contributed by atoms with van der Waals surface area (Å²) in [4.78, 5) is 12.6. The molecule has 2 aromatic rings. The number of nitriles is 1. The predicted molar refractivity (Wildman–Crippen MR) is 98.2 cm³/mol. The van der Waals surface area contributed by atoms with E-state index in [4.69, 9.17) is 14.7 Å². The minimum absolute atomic E-state index is 0.178. The van der Waals surface area contributed by atoms with E-state index in [0.717, 1.165) is 24.2 Å². The molecule has 1 fully saturated rings. The molecular formula is C21H22N2O3. The molecule has 0 saturated carbocycles. The van der Waals surface area contributed by atoms with Gasteiger partial charge in [0, 0.05) is 36.3 Å². The maximum Gasteiger partial charge on any atom is 0.251 e. The number of ether oxygens (including phenoxy) is 2. The molecule has 0 atom stereocenters. The van der Waals surface area contributed by atoms with Gasteiger partial charge in [0.25, 0.3) is 5.91 Å². The second kappa shape index (κ2) is 8.03. The summed E-state index contributed by atoms with van der Waals surface area (Å²) in [6, 6.07) is 16.7. The van der Waals surface area contributed by atoms with Crippen molar-refractivity contribution in [3.8, 4) is 11.8 Å². The standard InChI is InChI=1S/C21H22N2O3/c1-25-19-8-3-2-7-18(19)21(9-11-26-12-10-21)15-23-20(24)17-6-4-5-16(13-17)14-22/h2-8,13H,9-12,15H2,1H3,(H,23,24). The largest absolute Gasteiger partial charge is 0.496 e. The molecule has 1 heterocycles. The van der Waals surface area contributed by atoms with Crippen LogP contribution in [-0.2, 0) is 10.2 Å². The summed E-state index contributed by atoms with van der Waals surface area (Å²) in [7, 11) is 1.66. The second-order valence-corrected chi connectivity index (χ2v) is 6.47. The van der Waals surface area contributed by atoms with E-state index in [2.05, 4.69) is 17.5 Å². The zero-order valence-corrected chi connectivity index (χ0v) is 14.8. The van der Waals surface area contributed by atoms with Crippen LogP contribution in [0.3, 0.4) is 0 Å². The number of nitrogens with zero attached hydrogens (tertiary/aromatic N) is 1. The number of amides is 1. The van der Waals surface area contributed by atoms with Crippen LogP contribution < -0.4 is 10.1 Å². The van der Waals surface area contributed by atoms with E-state index in [1.807, 2.05) is 18.2 Å². The Morgan fingerprint density at radius 1 is 1.23 bits per heavy atom. The highest BCUT2D eigenvalue weighted by Crippen LogP contribution is 2.39. The van der Waals surface area contributed by atoms with Gasteiger partial charge in [-0.1, -0.05) is 24.3 Å². The smallest absolute Gasteiger partial charge is 0.251 e. The third-order valence-corrected chi connectivity index (χ3v) is 4.97. The summed E-state index contributed by atoms with van der Waals surface area (Å²) in [5, 5.41) is 12.1. The minimum atomic E-state index is -0.229. The SMILES string of the molecule is COc1ccccc1C1(CNC(=O)c2cccc(C#N)c2)CCOCC1. The number of carbonyl (C=O) groups excluding carboxylic acids is 1. The van der Waals surface area contributed by atoms with Gasteiger partial charge in [-0.2, -0.15) is 5.26 Å². The first-order chi connectivity index (χ1) is 12.7. The Labute approximate surface area is 153 Å². The molecule has 1 aliphatic heterocycles. The third kappa shape index (κ3) is 3.71. The Morgan fingerprint density at radius 2 is 2.00 bits per heavy atom. The molecule has 0 unspecified atom stereocenters. The molecule has 1 saturated heterocycles. The molecule has 0 bridgehead atoms. The van der Waals surface area contributed by atoms with Gasteiger partial charge in [-0.3, -0.25) is 4.79 Å². The van der Waals surface area contributed by atoms with E-state index in [1.54, 1.807) is 31.4 Å². The Morgan fingerprint density at radius 3 is 2.73 bits per heavy atom. The topological polar surface area (TPSA) is 71.3 Å². The van der Waals surface area contributed by atoms with Crippen molar-refractivity contribution in [1.29, 1.82) is 5.26 Å². The van der Waals surface area contributed by atoms with Crippen molar-refractivity contribution < 1.29 is 14.3 Å². The second-order valence-electron chi connectivity index (χ2n) is 6.47. The maximum atomic E-state index is 12.6. The average Bonchev–Trinajstić information content (AvgIpc) is 2.72. The highest BCUT2D eigenvalue weighted by atomic mass is 16.5. The van der Waals surface area contributed by atoms with E-state index in [-0.39, 0.29) is 11.3 Å². The minimum Gasteiger partial charge on any atom is -0.496 e. The average molecular weight is 350 g/mol. The molecule has 1 N–H and O–H groups in total. The van der Waals surface area contributed by atoms with Gasteiger partial charge in [-0.05, 0) is 37.1 Å². The molecule has 0 radical (unpaired) electrons. The summed E-state index contributed by atoms with van der Waals surface area (Å²) in [6.07, 6.45) is 1.62. The van der Waals surface area contributed by atoms with Crippen molar-refractivity contribution in [2.24, 2.45) is 0 Å². The van der Waals surface area contributed by atoms with Crippen LogP contribution in [0.15, 0.2) is 48.5 Å². The van der Waals surface area contributed by atoms with Gasteiger partial charge >= 0.3 is 0 Å². The van der Waals surface area contributed by atoms with Crippen molar-refractivity contribution >= 4 is 5.91 Å². The van der Waals surface area contributed by atoms with E-state index in [9.17, 15) is 4.79 Å².